The lowest BCUT2D eigenvalue weighted by Gasteiger charge is -2.04. The number of carboxylic acid groups (broad SMARTS) is 1. The molecule has 5 nitrogen and oxygen atoms in total. The number of nitro benzene ring substituents is 1. The largest absolute Gasteiger partial charge is 0.478 e. The smallest absolute Gasteiger partial charge is 0.336 e. The summed E-state index contributed by atoms with van der Waals surface area (Å²) in [4.78, 5) is 21.8. The van der Waals surface area contributed by atoms with Gasteiger partial charge in [0.25, 0.3) is 5.69 Å². The number of carbonyl (C=O) groups is 1. The Hall–Kier alpha value is -2.66. The molecule has 0 unspecified atom stereocenters. The Labute approximate surface area is 125 Å². The van der Waals surface area contributed by atoms with Crippen molar-refractivity contribution < 1.29 is 14.8 Å². The number of halogens is 1. The topological polar surface area (TPSA) is 80.4 Å². The van der Waals surface area contributed by atoms with Crippen LogP contribution in [0.3, 0.4) is 0 Å². The Morgan fingerprint density at radius 1 is 1.19 bits per heavy atom. The standard InChI is InChI=1S/C15H10ClNO4/c16-12-6-7-14(17(20)21)11(8-12)9-13(15(18)19)10-4-2-1-3-5-10/h1-9H,(H,18,19)/b13-9+. The van der Waals surface area contributed by atoms with Crippen molar-refractivity contribution >= 4 is 34.9 Å². The van der Waals surface area contributed by atoms with Crippen molar-refractivity contribution in [3.05, 3.63) is 74.8 Å². The lowest BCUT2D eigenvalue weighted by atomic mass is 10.0. The van der Waals surface area contributed by atoms with E-state index in [-0.39, 0.29) is 16.8 Å². The minimum Gasteiger partial charge on any atom is -0.478 e. The first-order valence-corrected chi connectivity index (χ1v) is 6.31. The highest BCUT2D eigenvalue weighted by Gasteiger charge is 2.16. The Bertz CT molecular complexity index is 726. The van der Waals surface area contributed by atoms with Crippen LogP contribution >= 0.6 is 11.6 Å². The van der Waals surface area contributed by atoms with Crippen LogP contribution < -0.4 is 0 Å². The van der Waals surface area contributed by atoms with Gasteiger partial charge in [-0.05, 0) is 23.8 Å². The highest BCUT2D eigenvalue weighted by Crippen LogP contribution is 2.27. The van der Waals surface area contributed by atoms with E-state index in [4.69, 9.17) is 11.6 Å². The van der Waals surface area contributed by atoms with Gasteiger partial charge in [0.1, 0.15) is 0 Å². The Morgan fingerprint density at radius 3 is 2.43 bits per heavy atom. The summed E-state index contributed by atoms with van der Waals surface area (Å²) < 4.78 is 0. The molecule has 0 aromatic heterocycles. The van der Waals surface area contributed by atoms with Gasteiger partial charge in [-0.15, -0.1) is 0 Å². The van der Waals surface area contributed by atoms with Gasteiger partial charge in [0.15, 0.2) is 0 Å². The van der Waals surface area contributed by atoms with Gasteiger partial charge in [0, 0.05) is 11.1 Å². The Kier molecular flexibility index (Phi) is 4.35. The molecule has 0 aliphatic heterocycles. The van der Waals surface area contributed by atoms with Crippen LogP contribution in [0.25, 0.3) is 11.6 Å². The van der Waals surface area contributed by atoms with Gasteiger partial charge in [0.2, 0.25) is 0 Å². The van der Waals surface area contributed by atoms with Crippen molar-refractivity contribution in [3.8, 4) is 0 Å². The minimum atomic E-state index is -1.17. The molecule has 2 aromatic carbocycles. The molecule has 0 spiro atoms. The molecule has 0 saturated carbocycles. The summed E-state index contributed by atoms with van der Waals surface area (Å²) in [5.74, 6) is -1.17. The van der Waals surface area contributed by atoms with Crippen LogP contribution in [0.1, 0.15) is 11.1 Å². The second-order valence-corrected chi connectivity index (χ2v) is 4.63. The summed E-state index contributed by atoms with van der Waals surface area (Å²) >= 11 is 5.83. The number of nitro groups is 1. The maximum Gasteiger partial charge on any atom is 0.336 e. The van der Waals surface area contributed by atoms with E-state index in [2.05, 4.69) is 0 Å². The molecule has 0 aliphatic rings. The Morgan fingerprint density at radius 2 is 1.86 bits per heavy atom. The normalized spacial score (nSPS) is 11.2. The van der Waals surface area contributed by atoms with E-state index in [0.29, 0.717) is 10.6 Å². The second kappa shape index (κ2) is 6.19. The van der Waals surface area contributed by atoms with E-state index in [1.807, 2.05) is 0 Å². The Balaban J connectivity index is 2.61. The zero-order valence-electron chi connectivity index (χ0n) is 10.7. The molecule has 0 fully saturated rings. The second-order valence-electron chi connectivity index (χ2n) is 4.19. The maximum absolute atomic E-state index is 11.4. The molecular weight excluding hydrogens is 294 g/mol. The van der Waals surface area contributed by atoms with E-state index >= 15 is 0 Å². The van der Waals surface area contributed by atoms with Crippen molar-refractivity contribution in [3.63, 3.8) is 0 Å². The first-order valence-electron chi connectivity index (χ1n) is 5.93. The van der Waals surface area contributed by atoms with E-state index in [9.17, 15) is 20.0 Å². The molecule has 0 bridgehead atoms. The quantitative estimate of drug-likeness (QED) is 0.402. The van der Waals surface area contributed by atoms with Crippen LogP contribution in [0.5, 0.6) is 0 Å². The van der Waals surface area contributed by atoms with Crippen molar-refractivity contribution in [1.82, 2.24) is 0 Å². The molecule has 0 amide bonds. The summed E-state index contributed by atoms with van der Waals surface area (Å²) in [6, 6.07) is 12.4. The molecule has 106 valence electrons. The van der Waals surface area contributed by atoms with Crippen LogP contribution in [0, 0.1) is 10.1 Å². The van der Waals surface area contributed by atoms with E-state index in [0.717, 1.165) is 0 Å². The third kappa shape index (κ3) is 3.46. The lowest BCUT2D eigenvalue weighted by Crippen LogP contribution is -2.00. The van der Waals surface area contributed by atoms with E-state index in [1.165, 1.54) is 24.3 Å². The molecule has 6 heteroatoms. The van der Waals surface area contributed by atoms with Gasteiger partial charge in [-0.1, -0.05) is 41.9 Å². The average molecular weight is 304 g/mol. The molecule has 0 atom stereocenters. The van der Waals surface area contributed by atoms with Crippen LogP contribution in [-0.4, -0.2) is 16.0 Å². The third-order valence-corrected chi connectivity index (χ3v) is 3.04. The highest BCUT2D eigenvalue weighted by atomic mass is 35.5. The van der Waals surface area contributed by atoms with Crippen molar-refractivity contribution in [2.75, 3.05) is 0 Å². The third-order valence-electron chi connectivity index (χ3n) is 2.80. The van der Waals surface area contributed by atoms with Crippen LogP contribution in [-0.2, 0) is 4.79 Å². The maximum atomic E-state index is 11.4. The zero-order chi connectivity index (χ0) is 15.4. The summed E-state index contributed by atoms with van der Waals surface area (Å²) in [5.41, 5.74) is 0.364. The molecule has 0 saturated heterocycles. The summed E-state index contributed by atoms with van der Waals surface area (Å²) in [6.07, 6.45) is 1.25. The van der Waals surface area contributed by atoms with Gasteiger partial charge in [0.05, 0.1) is 16.1 Å². The number of aliphatic carboxylic acids is 1. The van der Waals surface area contributed by atoms with Crippen LogP contribution in [0.15, 0.2) is 48.5 Å². The van der Waals surface area contributed by atoms with Gasteiger partial charge >= 0.3 is 5.97 Å². The molecule has 0 heterocycles. The first kappa shape index (κ1) is 14.7. The van der Waals surface area contributed by atoms with Gasteiger partial charge < -0.3 is 5.11 Å². The molecule has 1 N–H and O–H groups in total. The van der Waals surface area contributed by atoms with E-state index in [1.54, 1.807) is 30.3 Å². The monoisotopic (exact) mass is 303 g/mol. The number of benzene rings is 2. The van der Waals surface area contributed by atoms with Gasteiger partial charge in [-0.2, -0.15) is 0 Å². The SMILES string of the molecule is O=C(O)/C(=C/c1cc(Cl)ccc1[N+](=O)[O-])c1ccccc1. The van der Waals surface area contributed by atoms with Gasteiger partial charge in [-0.25, -0.2) is 4.79 Å². The average Bonchev–Trinajstić information content (AvgIpc) is 2.45. The fraction of sp³-hybridized carbons (Fsp3) is 0. The summed E-state index contributed by atoms with van der Waals surface area (Å²) in [7, 11) is 0. The van der Waals surface area contributed by atoms with Crippen LogP contribution in [0.2, 0.25) is 5.02 Å². The number of carboxylic acids is 1. The van der Waals surface area contributed by atoms with E-state index < -0.39 is 10.9 Å². The molecular formula is C15H10ClNO4. The molecule has 21 heavy (non-hydrogen) atoms. The molecule has 0 radical (unpaired) electrons. The minimum absolute atomic E-state index is 0.0408. The van der Waals surface area contributed by atoms with Crippen molar-refractivity contribution in [1.29, 1.82) is 0 Å². The number of hydrogen-bond donors (Lipinski definition) is 1. The fourth-order valence-electron chi connectivity index (χ4n) is 1.85. The summed E-state index contributed by atoms with van der Waals surface area (Å²) in [6.45, 7) is 0. The summed E-state index contributed by atoms with van der Waals surface area (Å²) in [5, 5.41) is 20.6. The highest BCUT2D eigenvalue weighted by molar-refractivity contribution is 6.31. The predicted octanol–water partition coefficient (Wildman–Crippen LogP) is 3.87. The number of rotatable bonds is 4. The molecule has 0 aliphatic carbocycles. The number of nitrogens with zero attached hydrogens (tertiary/aromatic N) is 1. The van der Waals surface area contributed by atoms with Crippen molar-refractivity contribution in [2.24, 2.45) is 0 Å². The first-order chi connectivity index (χ1) is 9.99. The zero-order valence-corrected chi connectivity index (χ0v) is 11.4. The predicted molar refractivity (Wildman–Crippen MR) is 80.1 cm³/mol. The van der Waals surface area contributed by atoms with Crippen LogP contribution in [0.4, 0.5) is 5.69 Å². The molecule has 2 rings (SSSR count). The lowest BCUT2D eigenvalue weighted by molar-refractivity contribution is -0.385. The van der Waals surface area contributed by atoms with Gasteiger partial charge in [-0.3, -0.25) is 10.1 Å². The number of hydrogen-bond acceptors (Lipinski definition) is 3. The van der Waals surface area contributed by atoms with Crippen molar-refractivity contribution in [2.45, 2.75) is 0 Å². The fourth-order valence-corrected chi connectivity index (χ4v) is 2.03. The molecule has 2 aromatic rings.